The first-order chi connectivity index (χ1) is 10.5. The normalized spacial score (nSPS) is 11.6. The summed E-state index contributed by atoms with van der Waals surface area (Å²) >= 11 is 17.9. The number of hydrogen-bond acceptors (Lipinski definition) is 1. The molecule has 0 fully saturated rings. The second kappa shape index (κ2) is 7.77. The molecular formula is C15H17Cl3N4. The van der Waals surface area contributed by atoms with Gasteiger partial charge in [-0.15, -0.1) is 0 Å². The molecule has 2 aromatic rings. The Balaban J connectivity index is 1.90. The largest absolute Gasteiger partial charge is 0.352 e. The zero-order chi connectivity index (χ0) is 16.1. The fourth-order valence-electron chi connectivity index (χ4n) is 1.94. The van der Waals surface area contributed by atoms with E-state index in [0.717, 1.165) is 16.3 Å². The molecule has 1 aromatic heterocycles. The molecule has 4 nitrogen and oxygen atoms in total. The third kappa shape index (κ3) is 4.32. The van der Waals surface area contributed by atoms with Gasteiger partial charge in [0.1, 0.15) is 5.15 Å². The van der Waals surface area contributed by atoms with E-state index in [0.29, 0.717) is 29.2 Å². The van der Waals surface area contributed by atoms with Gasteiger partial charge in [-0.1, -0.05) is 46.9 Å². The van der Waals surface area contributed by atoms with Gasteiger partial charge in [-0.3, -0.25) is 4.99 Å². The van der Waals surface area contributed by atoms with Crippen LogP contribution in [0.15, 0.2) is 35.3 Å². The van der Waals surface area contributed by atoms with Gasteiger partial charge in [0.25, 0.3) is 0 Å². The molecule has 0 unspecified atom stereocenters. The van der Waals surface area contributed by atoms with Crippen LogP contribution in [0.3, 0.4) is 0 Å². The maximum atomic E-state index is 6.05. The van der Waals surface area contributed by atoms with Crippen LogP contribution < -0.4 is 10.6 Å². The van der Waals surface area contributed by atoms with E-state index < -0.39 is 0 Å². The van der Waals surface area contributed by atoms with E-state index in [9.17, 15) is 0 Å². The Morgan fingerprint density at radius 2 is 1.73 bits per heavy atom. The highest BCUT2D eigenvalue weighted by molar-refractivity contribution is 6.41. The van der Waals surface area contributed by atoms with E-state index >= 15 is 0 Å². The minimum Gasteiger partial charge on any atom is -0.352 e. The van der Waals surface area contributed by atoms with Gasteiger partial charge >= 0.3 is 0 Å². The molecule has 0 amide bonds. The number of aliphatic imine (C=N–C) groups is 1. The van der Waals surface area contributed by atoms with Crippen LogP contribution in [0.2, 0.25) is 15.2 Å². The standard InChI is InChI=1S/C15H17Cl3N4/c1-19-15(20-8-10-3-5-11(16)6-4-10)21-9-12-7-13(17)14(18)22(12)2/h3-7H,8-9H2,1-2H3,(H2,19,20,21). The zero-order valence-electron chi connectivity index (χ0n) is 12.3. The number of guanidine groups is 1. The van der Waals surface area contributed by atoms with E-state index in [2.05, 4.69) is 15.6 Å². The summed E-state index contributed by atoms with van der Waals surface area (Å²) in [4.78, 5) is 4.19. The average Bonchev–Trinajstić information content (AvgIpc) is 2.76. The van der Waals surface area contributed by atoms with Crippen molar-refractivity contribution in [3.05, 3.63) is 56.8 Å². The summed E-state index contributed by atoms with van der Waals surface area (Å²) < 4.78 is 1.84. The topological polar surface area (TPSA) is 41.4 Å². The highest BCUT2D eigenvalue weighted by Gasteiger charge is 2.09. The molecule has 1 heterocycles. The number of hydrogen-bond donors (Lipinski definition) is 2. The summed E-state index contributed by atoms with van der Waals surface area (Å²) in [6, 6.07) is 9.51. The molecule has 0 atom stereocenters. The molecule has 0 saturated carbocycles. The van der Waals surface area contributed by atoms with Crippen molar-refractivity contribution in [3.63, 3.8) is 0 Å². The number of rotatable bonds is 4. The van der Waals surface area contributed by atoms with Crippen molar-refractivity contribution in [1.29, 1.82) is 0 Å². The third-order valence-corrected chi connectivity index (χ3v) is 4.34. The summed E-state index contributed by atoms with van der Waals surface area (Å²) in [5.74, 6) is 0.698. The van der Waals surface area contributed by atoms with Crippen molar-refractivity contribution in [2.45, 2.75) is 13.1 Å². The van der Waals surface area contributed by atoms with Crippen LogP contribution >= 0.6 is 34.8 Å². The highest BCUT2D eigenvalue weighted by atomic mass is 35.5. The van der Waals surface area contributed by atoms with Crippen molar-refractivity contribution in [3.8, 4) is 0 Å². The molecule has 22 heavy (non-hydrogen) atoms. The lowest BCUT2D eigenvalue weighted by atomic mass is 10.2. The Bertz CT molecular complexity index is 662. The van der Waals surface area contributed by atoms with Crippen molar-refractivity contribution < 1.29 is 0 Å². The summed E-state index contributed by atoms with van der Waals surface area (Å²) in [5.41, 5.74) is 2.10. The van der Waals surface area contributed by atoms with E-state index in [1.54, 1.807) is 7.05 Å². The maximum Gasteiger partial charge on any atom is 0.191 e. The fraction of sp³-hybridized carbons (Fsp3) is 0.267. The van der Waals surface area contributed by atoms with Crippen LogP contribution in [0.1, 0.15) is 11.3 Å². The first-order valence-electron chi connectivity index (χ1n) is 6.70. The Morgan fingerprint density at radius 1 is 1.09 bits per heavy atom. The van der Waals surface area contributed by atoms with Crippen molar-refractivity contribution in [1.82, 2.24) is 15.2 Å². The minimum absolute atomic E-state index is 0.530. The number of nitrogens with zero attached hydrogens (tertiary/aromatic N) is 2. The quantitative estimate of drug-likeness (QED) is 0.643. The van der Waals surface area contributed by atoms with Gasteiger partial charge in [0.15, 0.2) is 5.96 Å². The van der Waals surface area contributed by atoms with Gasteiger partial charge in [0.2, 0.25) is 0 Å². The lowest BCUT2D eigenvalue weighted by molar-refractivity contribution is 0.750. The van der Waals surface area contributed by atoms with Crippen molar-refractivity contribution in [2.75, 3.05) is 7.05 Å². The predicted octanol–water partition coefficient (Wildman–Crippen LogP) is 3.85. The van der Waals surface area contributed by atoms with E-state index in [4.69, 9.17) is 34.8 Å². The monoisotopic (exact) mass is 358 g/mol. The molecule has 2 rings (SSSR count). The Morgan fingerprint density at radius 3 is 2.27 bits per heavy atom. The molecule has 7 heteroatoms. The second-order valence-electron chi connectivity index (χ2n) is 4.74. The van der Waals surface area contributed by atoms with Gasteiger partial charge in [-0.05, 0) is 23.8 Å². The maximum absolute atomic E-state index is 6.05. The van der Waals surface area contributed by atoms with E-state index in [1.165, 1.54) is 0 Å². The predicted molar refractivity (Wildman–Crippen MR) is 93.9 cm³/mol. The summed E-state index contributed by atoms with van der Waals surface area (Å²) in [7, 11) is 3.59. The lowest BCUT2D eigenvalue weighted by Gasteiger charge is -2.12. The van der Waals surface area contributed by atoms with Gasteiger partial charge in [0, 0.05) is 31.4 Å². The Labute approximate surface area is 145 Å². The van der Waals surface area contributed by atoms with Crippen molar-refractivity contribution in [2.24, 2.45) is 12.0 Å². The summed E-state index contributed by atoms with van der Waals surface area (Å²) in [5, 5.41) is 8.26. The minimum atomic E-state index is 0.530. The van der Waals surface area contributed by atoms with Gasteiger partial charge in [0.05, 0.1) is 11.6 Å². The summed E-state index contributed by atoms with van der Waals surface area (Å²) in [6.45, 7) is 1.23. The fourth-order valence-corrected chi connectivity index (χ4v) is 2.48. The zero-order valence-corrected chi connectivity index (χ0v) is 14.6. The number of benzene rings is 1. The van der Waals surface area contributed by atoms with Gasteiger partial charge < -0.3 is 15.2 Å². The van der Waals surface area contributed by atoms with E-state index in [-0.39, 0.29) is 0 Å². The number of nitrogens with one attached hydrogen (secondary N) is 2. The number of halogens is 3. The molecule has 0 aliphatic heterocycles. The van der Waals surface area contributed by atoms with Crippen LogP contribution in [0, 0.1) is 0 Å². The molecule has 0 aliphatic rings. The molecule has 0 radical (unpaired) electrons. The van der Waals surface area contributed by atoms with Gasteiger partial charge in [-0.25, -0.2) is 0 Å². The molecule has 0 aliphatic carbocycles. The van der Waals surface area contributed by atoms with E-state index in [1.807, 2.05) is 41.9 Å². The van der Waals surface area contributed by atoms with Gasteiger partial charge in [-0.2, -0.15) is 0 Å². The summed E-state index contributed by atoms with van der Waals surface area (Å²) in [6.07, 6.45) is 0. The first-order valence-corrected chi connectivity index (χ1v) is 7.83. The number of aromatic nitrogens is 1. The highest BCUT2D eigenvalue weighted by Crippen LogP contribution is 2.24. The first kappa shape index (κ1) is 17.0. The van der Waals surface area contributed by atoms with Crippen LogP contribution in [-0.2, 0) is 20.1 Å². The molecule has 118 valence electrons. The Hall–Kier alpha value is -1.36. The third-order valence-electron chi connectivity index (χ3n) is 3.25. The second-order valence-corrected chi connectivity index (χ2v) is 5.94. The molecule has 0 bridgehead atoms. The lowest BCUT2D eigenvalue weighted by Crippen LogP contribution is -2.36. The molecular weight excluding hydrogens is 343 g/mol. The average molecular weight is 360 g/mol. The Kier molecular flexibility index (Phi) is 6.00. The van der Waals surface area contributed by atoms with Crippen molar-refractivity contribution >= 4 is 40.8 Å². The molecule has 0 spiro atoms. The van der Waals surface area contributed by atoms with Crippen LogP contribution in [0.5, 0.6) is 0 Å². The molecule has 0 saturated heterocycles. The van der Waals surface area contributed by atoms with Crippen LogP contribution in [0.25, 0.3) is 0 Å². The van der Waals surface area contributed by atoms with Crippen LogP contribution in [0.4, 0.5) is 0 Å². The molecule has 1 aromatic carbocycles. The molecule has 2 N–H and O–H groups in total. The van der Waals surface area contributed by atoms with Crippen LogP contribution in [-0.4, -0.2) is 17.6 Å². The smallest absolute Gasteiger partial charge is 0.191 e. The SMILES string of the molecule is CN=C(NCc1ccc(Cl)cc1)NCc1cc(Cl)c(Cl)n1C.